The summed E-state index contributed by atoms with van der Waals surface area (Å²) in [6, 6.07) is 14.3. The second-order valence-electron chi connectivity index (χ2n) is 11.4. The van der Waals surface area contributed by atoms with Gasteiger partial charge in [0.15, 0.2) is 5.65 Å². The van der Waals surface area contributed by atoms with E-state index >= 15 is 0 Å². The molecule has 1 saturated heterocycles. The zero-order chi connectivity index (χ0) is 35.0. The van der Waals surface area contributed by atoms with E-state index in [-0.39, 0.29) is 30.9 Å². The predicted molar refractivity (Wildman–Crippen MR) is 180 cm³/mol. The molecule has 16 heteroatoms. The lowest BCUT2D eigenvalue weighted by Crippen LogP contribution is -2.39. The molecule has 260 valence electrons. The summed E-state index contributed by atoms with van der Waals surface area (Å²) in [6.45, 7) is 5.01. The molecular formula is C33H38N6O9S. The van der Waals surface area contributed by atoms with Crippen LogP contribution in [0.2, 0.25) is 0 Å². The molecule has 0 spiro atoms. The van der Waals surface area contributed by atoms with Crippen molar-refractivity contribution < 1.29 is 41.7 Å². The van der Waals surface area contributed by atoms with Crippen molar-refractivity contribution in [1.82, 2.24) is 19.9 Å². The van der Waals surface area contributed by atoms with Crippen molar-refractivity contribution in [3.8, 4) is 16.9 Å². The number of aryl methyl sites for hydroxylation is 2. The largest absolute Gasteiger partial charge is 0.491 e. The van der Waals surface area contributed by atoms with Crippen LogP contribution in [0.5, 0.6) is 5.75 Å². The molecule has 1 aliphatic heterocycles. The van der Waals surface area contributed by atoms with Gasteiger partial charge in [0.1, 0.15) is 24.8 Å². The quantitative estimate of drug-likeness (QED) is 0.122. The minimum atomic E-state index is -3.48. The van der Waals surface area contributed by atoms with Crippen molar-refractivity contribution in [3.05, 3.63) is 71.7 Å². The Morgan fingerprint density at radius 3 is 2.33 bits per heavy atom. The molecule has 4 aromatic rings. The number of piperidine rings is 1. The topological polar surface area (TPSA) is 189 Å². The van der Waals surface area contributed by atoms with E-state index in [0.29, 0.717) is 79.0 Å². The molecule has 5 rings (SSSR count). The van der Waals surface area contributed by atoms with Crippen molar-refractivity contribution in [1.29, 1.82) is 0 Å². The number of carbonyl (C=O) groups excluding carboxylic acids is 3. The lowest BCUT2D eigenvalue weighted by molar-refractivity contribution is -0.134. The Bertz CT molecular complexity index is 1930. The van der Waals surface area contributed by atoms with Crippen molar-refractivity contribution in [2.45, 2.75) is 32.6 Å². The molecule has 3 N–H and O–H groups in total. The maximum absolute atomic E-state index is 12.6. The van der Waals surface area contributed by atoms with Gasteiger partial charge in [0.05, 0.1) is 50.0 Å². The van der Waals surface area contributed by atoms with Crippen LogP contribution in [0.1, 0.15) is 35.7 Å². The van der Waals surface area contributed by atoms with Gasteiger partial charge in [-0.2, -0.15) is 0 Å². The maximum Gasteiger partial charge on any atom is 0.411 e. The van der Waals surface area contributed by atoms with E-state index in [2.05, 4.69) is 25.6 Å². The first-order chi connectivity index (χ1) is 23.5. The fourth-order valence-electron chi connectivity index (χ4n) is 5.15. The molecule has 0 radical (unpaired) electrons. The lowest BCUT2D eigenvalue weighted by Gasteiger charge is -2.21. The smallest absolute Gasteiger partial charge is 0.411 e. The molecule has 15 nitrogen and oxygen atoms in total. The number of nitrogens with zero attached hydrogens (tertiary/aromatic N) is 3. The van der Waals surface area contributed by atoms with Gasteiger partial charge in [0.25, 0.3) is 0 Å². The van der Waals surface area contributed by atoms with Gasteiger partial charge in [-0.15, -0.1) is 10.2 Å². The van der Waals surface area contributed by atoms with Crippen molar-refractivity contribution >= 4 is 45.0 Å². The van der Waals surface area contributed by atoms with Crippen molar-refractivity contribution in [2.24, 2.45) is 0 Å². The third-order valence-corrected chi connectivity index (χ3v) is 8.22. The van der Waals surface area contributed by atoms with E-state index in [0.717, 1.165) is 17.4 Å². The van der Waals surface area contributed by atoms with Crippen molar-refractivity contribution in [2.75, 3.05) is 55.9 Å². The molecule has 0 bridgehead atoms. The second kappa shape index (κ2) is 15.9. The van der Waals surface area contributed by atoms with E-state index in [4.69, 9.17) is 18.9 Å². The highest BCUT2D eigenvalue weighted by molar-refractivity contribution is 7.92. The number of hydrogen-bond acceptors (Lipinski definition) is 11. The maximum atomic E-state index is 12.6. The summed E-state index contributed by atoms with van der Waals surface area (Å²) >= 11 is 0. The average Bonchev–Trinajstić information content (AvgIpc) is 3.43. The van der Waals surface area contributed by atoms with Crippen LogP contribution in [0.3, 0.4) is 0 Å². The summed E-state index contributed by atoms with van der Waals surface area (Å²) < 4.78 is 49.9. The summed E-state index contributed by atoms with van der Waals surface area (Å²) in [5.41, 5.74) is 4.23. The van der Waals surface area contributed by atoms with Crippen LogP contribution in [0, 0.1) is 13.8 Å². The van der Waals surface area contributed by atoms with Gasteiger partial charge >= 0.3 is 6.09 Å². The van der Waals surface area contributed by atoms with Crippen LogP contribution in [0.4, 0.5) is 16.2 Å². The Labute approximate surface area is 283 Å². The molecule has 1 unspecified atom stereocenters. The normalized spacial score (nSPS) is 14.8. The van der Waals surface area contributed by atoms with Crippen LogP contribution in [0.25, 0.3) is 16.8 Å². The number of benzene rings is 2. The highest BCUT2D eigenvalue weighted by Gasteiger charge is 2.27. The standard InChI is InChI=1S/C33H38N6O9S/c1-21-4-5-24(18-28(21)38-49(3,43)44)25-19-29(31-37-36-22(2)39(31)20-25)34-33(42)48-17-15-46-13-12-45-14-16-47-26-8-6-23(7-9-26)27-10-11-30(40)35-32(27)41/h4-9,18-20,27,38H,10-17H2,1-3H3,(H,34,42)(H,35,40,41). The fraction of sp³-hybridized carbons (Fsp3) is 0.364. The average molecular weight is 695 g/mol. The van der Waals surface area contributed by atoms with E-state index in [1.165, 1.54) is 0 Å². The molecule has 1 fully saturated rings. The number of fused-ring (bicyclic) bond motifs is 1. The Morgan fingerprint density at radius 1 is 0.918 bits per heavy atom. The Morgan fingerprint density at radius 2 is 1.61 bits per heavy atom. The van der Waals surface area contributed by atoms with Crippen LogP contribution in [-0.2, 0) is 33.8 Å². The first-order valence-electron chi connectivity index (χ1n) is 15.6. The minimum absolute atomic E-state index is 0.00391. The summed E-state index contributed by atoms with van der Waals surface area (Å²) in [4.78, 5) is 36.0. The first-order valence-corrected chi connectivity index (χ1v) is 17.5. The number of rotatable bonds is 15. The summed E-state index contributed by atoms with van der Waals surface area (Å²) in [6.07, 6.45) is 3.02. The van der Waals surface area contributed by atoms with Crippen LogP contribution in [-0.4, -0.2) is 86.8 Å². The number of nitrogens with one attached hydrogen (secondary N) is 3. The monoisotopic (exact) mass is 694 g/mol. The summed E-state index contributed by atoms with van der Waals surface area (Å²) in [5.74, 6) is 0.386. The van der Waals surface area contributed by atoms with Gasteiger partial charge in [-0.1, -0.05) is 24.3 Å². The minimum Gasteiger partial charge on any atom is -0.491 e. The highest BCUT2D eigenvalue weighted by atomic mass is 32.2. The second-order valence-corrected chi connectivity index (χ2v) is 13.1. The van der Waals surface area contributed by atoms with Gasteiger partial charge in [-0.3, -0.25) is 29.3 Å². The zero-order valence-electron chi connectivity index (χ0n) is 27.4. The van der Waals surface area contributed by atoms with E-state index in [9.17, 15) is 22.8 Å². The van der Waals surface area contributed by atoms with Crippen molar-refractivity contribution in [3.63, 3.8) is 0 Å². The van der Waals surface area contributed by atoms with Crippen LogP contribution >= 0.6 is 0 Å². The third kappa shape index (κ3) is 9.74. The Kier molecular flexibility index (Phi) is 11.4. The molecule has 1 atom stereocenters. The summed E-state index contributed by atoms with van der Waals surface area (Å²) in [7, 11) is -3.48. The number of anilines is 2. The number of aromatic nitrogens is 3. The third-order valence-electron chi connectivity index (χ3n) is 7.63. The number of amides is 3. The predicted octanol–water partition coefficient (Wildman–Crippen LogP) is 3.57. The number of ether oxygens (including phenoxy) is 4. The molecule has 1 aliphatic rings. The lowest BCUT2D eigenvalue weighted by atomic mass is 9.90. The molecular weight excluding hydrogens is 656 g/mol. The Balaban J connectivity index is 1.01. The fourth-order valence-corrected chi connectivity index (χ4v) is 5.77. The number of pyridine rings is 1. The molecule has 3 heterocycles. The molecule has 2 aromatic carbocycles. The van der Waals surface area contributed by atoms with Gasteiger partial charge in [-0.05, 0) is 61.2 Å². The number of hydrogen-bond donors (Lipinski definition) is 3. The Hall–Kier alpha value is -5.06. The first kappa shape index (κ1) is 35.3. The summed E-state index contributed by atoms with van der Waals surface area (Å²) in [5, 5.41) is 13.4. The van der Waals surface area contributed by atoms with Gasteiger partial charge in [0, 0.05) is 18.2 Å². The number of carbonyl (C=O) groups is 3. The number of sulfonamides is 1. The van der Waals surface area contributed by atoms with E-state index in [1.54, 1.807) is 54.8 Å². The SMILES string of the molecule is Cc1ccc(-c2cc(NC(=O)OCCOCCOCCOc3ccc(C4CCC(=O)NC4=O)cc3)c3nnc(C)n3c2)cc1NS(C)(=O)=O. The van der Waals surface area contributed by atoms with Crippen LogP contribution in [0.15, 0.2) is 54.7 Å². The van der Waals surface area contributed by atoms with Gasteiger partial charge in [-0.25, -0.2) is 13.2 Å². The molecule has 0 saturated carbocycles. The molecule has 2 aromatic heterocycles. The van der Waals surface area contributed by atoms with E-state index in [1.807, 2.05) is 18.2 Å². The van der Waals surface area contributed by atoms with E-state index < -0.39 is 16.1 Å². The number of imide groups is 1. The molecule has 49 heavy (non-hydrogen) atoms. The highest BCUT2D eigenvalue weighted by Crippen LogP contribution is 2.30. The zero-order valence-corrected chi connectivity index (χ0v) is 28.2. The van der Waals surface area contributed by atoms with Crippen LogP contribution < -0.4 is 20.1 Å². The van der Waals surface area contributed by atoms with Gasteiger partial charge < -0.3 is 18.9 Å². The molecule has 3 amide bonds. The van der Waals surface area contributed by atoms with Gasteiger partial charge in [0.2, 0.25) is 21.8 Å². The molecule has 0 aliphatic carbocycles.